The summed E-state index contributed by atoms with van der Waals surface area (Å²) in [6, 6.07) is 6.85. The second-order valence-corrected chi connectivity index (χ2v) is 4.76. The Morgan fingerprint density at radius 2 is 2.00 bits per heavy atom. The van der Waals surface area contributed by atoms with Gasteiger partial charge in [0.2, 0.25) is 0 Å². The van der Waals surface area contributed by atoms with Crippen LogP contribution in [0.3, 0.4) is 0 Å². The molecular weight excluding hydrogens is 270 g/mol. The van der Waals surface area contributed by atoms with Gasteiger partial charge < -0.3 is 10.0 Å². The van der Waals surface area contributed by atoms with Crippen molar-refractivity contribution in [3.8, 4) is 5.75 Å². The third-order valence-corrected chi connectivity index (χ3v) is 3.04. The van der Waals surface area contributed by atoms with E-state index in [-0.39, 0.29) is 11.7 Å². The van der Waals surface area contributed by atoms with E-state index in [1.807, 2.05) is 4.90 Å². The summed E-state index contributed by atoms with van der Waals surface area (Å²) in [7, 11) is 0. The first-order valence-electron chi connectivity index (χ1n) is 5.38. The van der Waals surface area contributed by atoms with E-state index in [4.69, 9.17) is 5.11 Å². The van der Waals surface area contributed by atoms with Crippen LogP contribution >= 0.6 is 15.9 Å². The van der Waals surface area contributed by atoms with E-state index in [2.05, 4.69) is 15.9 Å². The van der Waals surface area contributed by atoms with Crippen LogP contribution in [0, 0.1) is 0 Å². The van der Waals surface area contributed by atoms with Gasteiger partial charge >= 0.3 is 0 Å². The lowest BCUT2D eigenvalue weighted by molar-refractivity contribution is 0.0754. The Kier molecular flexibility index (Phi) is 3.49. The lowest BCUT2D eigenvalue weighted by Crippen LogP contribution is -2.34. The number of phenols is 1. The third-order valence-electron chi connectivity index (χ3n) is 2.69. The molecule has 0 unspecified atom stereocenters. The van der Waals surface area contributed by atoms with Gasteiger partial charge in [0.25, 0.3) is 5.91 Å². The molecule has 0 aromatic heterocycles. The standard InChI is InChI=1S/C12H14BrNO2/c13-7-8-14(10-3-4-10)12(16)9-1-5-11(15)6-2-9/h1-2,5-6,10,15H,3-4,7-8H2. The fourth-order valence-electron chi connectivity index (χ4n) is 1.70. The average Bonchev–Trinajstić information content (AvgIpc) is 3.10. The van der Waals surface area contributed by atoms with Gasteiger partial charge in [-0.15, -0.1) is 0 Å². The molecule has 0 heterocycles. The Morgan fingerprint density at radius 3 is 2.50 bits per heavy atom. The smallest absolute Gasteiger partial charge is 0.254 e. The molecule has 1 N–H and O–H groups in total. The molecule has 1 fully saturated rings. The minimum absolute atomic E-state index is 0.0574. The molecule has 1 amide bonds. The van der Waals surface area contributed by atoms with Crippen LogP contribution in [0.2, 0.25) is 0 Å². The Balaban J connectivity index is 2.12. The van der Waals surface area contributed by atoms with E-state index < -0.39 is 0 Å². The molecular formula is C12H14BrNO2. The van der Waals surface area contributed by atoms with E-state index >= 15 is 0 Å². The third kappa shape index (κ3) is 2.55. The first-order chi connectivity index (χ1) is 7.72. The number of hydrogen-bond donors (Lipinski definition) is 1. The number of halogens is 1. The zero-order valence-corrected chi connectivity index (χ0v) is 10.5. The molecule has 0 spiro atoms. The number of hydrogen-bond acceptors (Lipinski definition) is 2. The second-order valence-electron chi connectivity index (χ2n) is 3.97. The van der Waals surface area contributed by atoms with Gasteiger partial charge in [0.1, 0.15) is 5.75 Å². The number of nitrogens with zero attached hydrogens (tertiary/aromatic N) is 1. The maximum Gasteiger partial charge on any atom is 0.254 e. The Bertz CT molecular complexity index is 373. The number of phenolic OH excluding ortho intramolecular Hbond substituents is 1. The predicted octanol–water partition coefficient (Wildman–Crippen LogP) is 2.39. The largest absolute Gasteiger partial charge is 0.508 e. The number of aromatic hydroxyl groups is 1. The number of alkyl halides is 1. The summed E-state index contributed by atoms with van der Waals surface area (Å²) < 4.78 is 0. The highest BCUT2D eigenvalue weighted by Crippen LogP contribution is 2.28. The lowest BCUT2D eigenvalue weighted by atomic mass is 10.2. The van der Waals surface area contributed by atoms with Crippen LogP contribution in [-0.2, 0) is 0 Å². The molecule has 2 rings (SSSR count). The second kappa shape index (κ2) is 4.87. The van der Waals surface area contributed by atoms with Crippen molar-refractivity contribution >= 4 is 21.8 Å². The van der Waals surface area contributed by atoms with Crippen LogP contribution in [0.25, 0.3) is 0 Å². The molecule has 1 aromatic rings. The number of rotatable bonds is 4. The van der Waals surface area contributed by atoms with Gasteiger partial charge in [-0.2, -0.15) is 0 Å². The van der Waals surface area contributed by atoms with Gasteiger partial charge in [-0.3, -0.25) is 4.79 Å². The van der Waals surface area contributed by atoms with Crippen molar-refractivity contribution in [2.75, 3.05) is 11.9 Å². The van der Waals surface area contributed by atoms with E-state index in [0.717, 1.165) is 24.7 Å². The molecule has 0 bridgehead atoms. The molecule has 4 heteroatoms. The molecule has 0 aliphatic heterocycles. The van der Waals surface area contributed by atoms with Crippen molar-refractivity contribution < 1.29 is 9.90 Å². The summed E-state index contributed by atoms with van der Waals surface area (Å²) >= 11 is 3.36. The van der Waals surface area contributed by atoms with Crippen molar-refractivity contribution in [3.05, 3.63) is 29.8 Å². The van der Waals surface area contributed by atoms with Crippen LogP contribution in [0.4, 0.5) is 0 Å². The minimum atomic E-state index is 0.0574. The fourth-order valence-corrected chi connectivity index (χ4v) is 2.08. The van der Waals surface area contributed by atoms with Crippen molar-refractivity contribution in [2.24, 2.45) is 0 Å². The molecule has 1 aromatic carbocycles. The SMILES string of the molecule is O=C(c1ccc(O)cc1)N(CCBr)C1CC1. The van der Waals surface area contributed by atoms with Gasteiger partial charge in [0.15, 0.2) is 0 Å². The van der Waals surface area contributed by atoms with E-state index in [0.29, 0.717) is 11.6 Å². The first-order valence-corrected chi connectivity index (χ1v) is 6.50. The molecule has 0 saturated heterocycles. The molecule has 3 nitrogen and oxygen atoms in total. The maximum atomic E-state index is 12.2. The molecule has 0 radical (unpaired) electrons. The van der Waals surface area contributed by atoms with Crippen LogP contribution in [0.1, 0.15) is 23.2 Å². The Hall–Kier alpha value is -1.03. The molecule has 16 heavy (non-hydrogen) atoms. The quantitative estimate of drug-likeness (QED) is 0.862. The molecule has 1 saturated carbocycles. The summed E-state index contributed by atoms with van der Waals surface area (Å²) in [6.07, 6.45) is 2.22. The maximum absolute atomic E-state index is 12.2. The first kappa shape index (κ1) is 11.5. The van der Waals surface area contributed by atoms with Crippen molar-refractivity contribution in [2.45, 2.75) is 18.9 Å². The highest BCUT2D eigenvalue weighted by Gasteiger charge is 2.32. The van der Waals surface area contributed by atoms with Crippen molar-refractivity contribution in [3.63, 3.8) is 0 Å². The minimum Gasteiger partial charge on any atom is -0.508 e. The monoisotopic (exact) mass is 283 g/mol. The van der Waals surface area contributed by atoms with E-state index in [1.165, 1.54) is 0 Å². The van der Waals surface area contributed by atoms with Crippen LogP contribution in [0.15, 0.2) is 24.3 Å². The number of carbonyl (C=O) groups excluding carboxylic acids is 1. The summed E-state index contributed by atoms with van der Waals surface area (Å²) in [4.78, 5) is 14.1. The van der Waals surface area contributed by atoms with E-state index in [9.17, 15) is 4.79 Å². The fraction of sp³-hybridized carbons (Fsp3) is 0.417. The normalized spacial score (nSPS) is 14.8. The number of carbonyl (C=O) groups is 1. The van der Waals surface area contributed by atoms with Gasteiger partial charge in [0.05, 0.1) is 0 Å². The zero-order valence-electron chi connectivity index (χ0n) is 8.90. The molecule has 0 atom stereocenters. The average molecular weight is 284 g/mol. The predicted molar refractivity (Wildman–Crippen MR) is 66.0 cm³/mol. The van der Waals surface area contributed by atoms with Crippen LogP contribution in [-0.4, -0.2) is 33.8 Å². The zero-order chi connectivity index (χ0) is 11.5. The Labute approximate surface area is 103 Å². The van der Waals surface area contributed by atoms with Gasteiger partial charge in [-0.25, -0.2) is 0 Å². The highest BCUT2D eigenvalue weighted by molar-refractivity contribution is 9.09. The summed E-state index contributed by atoms with van der Waals surface area (Å²) in [5.74, 6) is 0.247. The number of amides is 1. The Morgan fingerprint density at radius 1 is 1.38 bits per heavy atom. The van der Waals surface area contributed by atoms with Crippen LogP contribution < -0.4 is 0 Å². The summed E-state index contributed by atoms with van der Waals surface area (Å²) in [5, 5.41) is 9.97. The van der Waals surface area contributed by atoms with Crippen LogP contribution in [0.5, 0.6) is 5.75 Å². The summed E-state index contributed by atoms with van der Waals surface area (Å²) in [5.41, 5.74) is 0.644. The molecule has 1 aliphatic carbocycles. The van der Waals surface area contributed by atoms with Crippen molar-refractivity contribution in [1.82, 2.24) is 4.90 Å². The van der Waals surface area contributed by atoms with Gasteiger partial charge in [-0.05, 0) is 37.1 Å². The topological polar surface area (TPSA) is 40.5 Å². The summed E-state index contributed by atoms with van der Waals surface area (Å²) in [6.45, 7) is 0.740. The van der Waals surface area contributed by atoms with Gasteiger partial charge in [0, 0.05) is 23.5 Å². The van der Waals surface area contributed by atoms with Crippen molar-refractivity contribution in [1.29, 1.82) is 0 Å². The lowest BCUT2D eigenvalue weighted by Gasteiger charge is -2.21. The number of benzene rings is 1. The molecule has 1 aliphatic rings. The highest BCUT2D eigenvalue weighted by atomic mass is 79.9. The van der Waals surface area contributed by atoms with E-state index in [1.54, 1.807) is 24.3 Å². The molecule has 86 valence electrons. The van der Waals surface area contributed by atoms with Gasteiger partial charge in [-0.1, -0.05) is 15.9 Å².